The van der Waals surface area contributed by atoms with E-state index in [4.69, 9.17) is 0 Å². The van der Waals surface area contributed by atoms with Gasteiger partial charge in [-0.1, -0.05) is 6.07 Å². The highest BCUT2D eigenvalue weighted by Gasteiger charge is 2.14. The predicted molar refractivity (Wildman–Crippen MR) is 76.7 cm³/mol. The third kappa shape index (κ3) is 3.45. The molecule has 0 aliphatic rings. The number of phenolic OH excluding ortho intramolecular Hbond substituents is 2. The summed E-state index contributed by atoms with van der Waals surface area (Å²) in [5, 5.41) is 25.9. The highest BCUT2D eigenvalue weighted by atomic mass is 32.1. The van der Waals surface area contributed by atoms with Crippen LogP contribution in [0.3, 0.4) is 0 Å². The summed E-state index contributed by atoms with van der Waals surface area (Å²) in [7, 11) is 0. The van der Waals surface area contributed by atoms with Gasteiger partial charge in [-0.15, -0.1) is 11.3 Å². The van der Waals surface area contributed by atoms with Crippen LogP contribution >= 0.6 is 11.3 Å². The van der Waals surface area contributed by atoms with Crippen molar-refractivity contribution in [2.24, 2.45) is 0 Å². The fraction of sp³-hybridized carbons (Fsp3) is 0.357. The molecule has 102 valence electrons. The van der Waals surface area contributed by atoms with E-state index in [9.17, 15) is 10.2 Å². The number of rotatable bonds is 5. The second-order valence-corrected chi connectivity index (χ2v) is 5.56. The molecule has 5 heteroatoms. The zero-order chi connectivity index (χ0) is 13.8. The van der Waals surface area contributed by atoms with Crippen LogP contribution in [0.4, 0.5) is 0 Å². The number of nitrogens with one attached hydrogen (secondary N) is 1. The third-order valence-electron chi connectivity index (χ3n) is 2.99. The number of phenols is 2. The smallest absolute Gasteiger partial charge is 0.124 e. The fourth-order valence-electron chi connectivity index (χ4n) is 2.03. The van der Waals surface area contributed by atoms with Crippen LogP contribution in [-0.2, 0) is 6.42 Å². The minimum absolute atomic E-state index is 0.110. The first kappa shape index (κ1) is 13.8. The molecule has 3 N–H and O–H groups in total. The topological polar surface area (TPSA) is 65.4 Å². The van der Waals surface area contributed by atoms with Gasteiger partial charge in [0.2, 0.25) is 0 Å². The Morgan fingerprint density at radius 3 is 2.58 bits per heavy atom. The number of aromatic nitrogens is 1. The first-order valence-corrected chi connectivity index (χ1v) is 7.11. The second kappa shape index (κ2) is 6.04. The van der Waals surface area contributed by atoms with E-state index in [1.165, 1.54) is 0 Å². The average molecular weight is 278 g/mol. The number of nitrogens with zero attached hydrogens (tertiary/aromatic N) is 1. The van der Waals surface area contributed by atoms with E-state index < -0.39 is 0 Å². The van der Waals surface area contributed by atoms with Crippen molar-refractivity contribution in [3.63, 3.8) is 0 Å². The van der Waals surface area contributed by atoms with Crippen molar-refractivity contribution >= 4 is 11.3 Å². The van der Waals surface area contributed by atoms with Gasteiger partial charge in [0, 0.05) is 24.4 Å². The Morgan fingerprint density at radius 2 is 2.00 bits per heavy atom. The van der Waals surface area contributed by atoms with Crippen molar-refractivity contribution in [2.45, 2.75) is 26.3 Å². The van der Waals surface area contributed by atoms with Crippen molar-refractivity contribution < 1.29 is 10.2 Å². The monoisotopic (exact) mass is 278 g/mol. The normalized spacial score (nSPS) is 12.5. The maximum absolute atomic E-state index is 9.77. The first-order valence-electron chi connectivity index (χ1n) is 6.23. The van der Waals surface area contributed by atoms with Gasteiger partial charge in [-0.3, -0.25) is 0 Å². The molecule has 19 heavy (non-hydrogen) atoms. The first-order chi connectivity index (χ1) is 9.08. The fourth-order valence-corrected chi connectivity index (χ4v) is 2.67. The van der Waals surface area contributed by atoms with Gasteiger partial charge < -0.3 is 15.5 Å². The Hall–Kier alpha value is -1.59. The van der Waals surface area contributed by atoms with E-state index in [1.54, 1.807) is 29.5 Å². The van der Waals surface area contributed by atoms with Gasteiger partial charge in [0.25, 0.3) is 0 Å². The lowest BCUT2D eigenvalue weighted by atomic mass is 10.1. The molecule has 2 aromatic rings. The second-order valence-electron chi connectivity index (χ2n) is 4.49. The van der Waals surface area contributed by atoms with E-state index in [0.29, 0.717) is 5.56 Å². The van der Waals surface area contributed by atoms with Crippen LogP contribution < -0.4 is 5.32 Å². The summed E-state index contributed by atoms with van der Waals surface area (Å²) in [4.78, 5) is 4.40. The van der Waals surface area contributed by atoms with Crippen LogP contribution in [0.5, 0.6) is 11.5 Å². The van der Waals surface area contributed by atoms with Crippen LogP contribution in [0.1, 0.15) is 29.2 Å². The molecule has 0 aliphatic carbocycles. The zero-order valence-electron chi connectivity index (χ0n) is 11.1. The largest absolute Gasteiger partial charge is 0.507 e. The van der Waals surface area contributed by atoms with Crippen molar-refractivity contribution in [3.8, 4) is 11.5 Å². The van der Waals surface area contributed by atoms with E-state index >= 15 is 0 Å². The maximum atomic E-state index is 9.77. The molecule has 0 amide bonds. The number of thiazole rings is 1. The predicted octanol–water partition coefficient (Wildman–Crippen LogP) is 2.76. The Balaban J connectivity index is 1.92. The summed E-state index contributed by atoms with van der Waals surface area (Å²) in [5.74, 6) is 0.231. The van der Waals surface area contributed by atoms with Crippen LogP contribution in [0.25, 0.3) is 0 Å². The number of aromatic hydroxyl groups is 2. The molecule has 1 aromatic heterocycles. The summed E-state index contributed by atoms with van der Waals surface area (Å²) in [6, 6.07) is 4.67. The molecule has 0 aliphatic heterocycles. The van der Waals surface area contributed by atoms with E-state index in [-0.39, 0.29) is 17.5 Å². The summed E-state index contributed by atoms with van der Waals surface area (Å²) in [5.41, 5.74) is 1.61. The lowest BCUT2D eigenvalue weighted by molar-refractivity contribution is 0.419. The van der Waals surface area contributed by atoms with Crippen LogP contribution in [0.2, 0.25) is 0 Å². The summed E-state index contributed by atoms with van der Waals surface area (Å²) in [6.07, 6.45) is 0.836. The van der Waals surface area contributed by atoms with Gasteiger partial charge in [0.15, 0.2) is 0 Å². The van der Waals surface area contributed by atoms with Crippen molar-refractivity contribution in [3.05, 3.63) is 39.8 Å². The number of hydrogen-bond donors (Lipinski definition) is 3. The summed E-state index contributed by atoms with van der Waals surface area (Å²) >= 11 is 1.65. The van der Waals surface area contributed by atoms with Crippen molar-refractivity contribution in [2.75, 3.05) is 6.54 Å². The Kier molecular flexibility index (Phi) is 4.39. The quantitative estimate of drug-likeness (QED) is 0.787. The van der Waals surface area contributed by atoms with E-state index in [2.05, 4.69) is 15.7 Å². The Morgan fingerprint density at radius 1 is 1.32 bits per heavy atom. The highest BCUT2D eigenvalue weighted by molar-refractivity contribution is 7.09. The zero-order valence-corrected chi connectivity index (χ0v) is 11.9. The summed E-state index contributed by atoms with van der Waals surface area (Å²) < 4.78 is 0. The van der Waals surface area contributed by atoms with Gasteiger partial charge in [-0.05, 0) is 26.0 Å². The SMILES string of the molecule is Cc1nc(CCNC(C)c2c(O)cccc2O)cs1. The molecule has 1 aromatic carbocycles. The number of hydrogen-bond acceptors (Lipinski definition) is 5. The minimum Gasteiger partial charge on any atom is -0.507 e. The molecule has 0 radical (unpaired) electrons. The minimum atomic E-state index is -0.110. The molecule has 0 fully saturated rings. The van der Waals surface area contributed by atoms with Gasteiger partial charge >= 0.3 is 0 Å². The van der Waals surface area contributed by atoms with Gasteiger partial charge in [-0.2, -0.15) is 0 Å². The van der Waals surface area contributed by atoms with E-state index in [1.807, 2.05) is 13.8 Å². The standard InChI is InChI=1S/C14H18N2O2S/c1-9(14-12(17)4-3-5-13(14)18)15-7-6-11-8-19-10(2)16-11/h3-5,8-9,15,17-18H,6-7H2,1-2H3. The van der Waals surface area contributed by atoms with Crippen LogP contribution in [0.15, 0.2) is 23.6 Å². The molecule has 2 rings (SSSR count). The van der Waals surface area contributed by atoms with E-state index in [0.717, 1.165) is 23.7 Å². The third-order valence-corrected chi connectivity index (χ3v) is 3.81. The number of benzene rings is 1. The molecule has 0 saturated heterocycles. The van der Waals surface area contributed by atoms with Crippen molar-refractivity contribution in [1.82, 2.24) is 10.3 Å². The lowest BCUT2D eigenvalue weighted by Crippen LogP contribution is -2.21. The van der Waals surface area contributed by atoms with Crippen LogP contribution in [0, 0.1) is 6.92 Å². The average Bonchev–Trinajstić information content (AvgIpc) is 2.75. The molecular formula is C14H18N2O2S. The molecule has 1 unspecified atom stereocenters. The molecule has 0 saturated carbocycles. The Labute approximate surface area is 116 Å². The lowest BCUT2D eigenvalue weighted by Gasteiger charge is -2.16. The molecular weight excluding hydrogens is 260 g/mol. The molecule has 1 atom stereocenters. The van der Waals surface area contributed by atoms with Gasteiger partial charge in [-0.25, -0.2) is 4.98 Å². The molecule has 0 spiro atoms. The van der Waals surface area contributed by atoms with Gasteiger partial charge in [0.1, 0.15) is 11.5 Å². The van der Waals surface area contributed by atoms with Crippen LogP contribution in [-0.4, -0.2) is 21.7 Å². The Bertz CT molecular complexity index is 534. The highest BCUT2D eigenvalue weighted by Crippen LogP contribution is 2.31. The number of aryl methyl sites for hydroxylation is 1. The van der Waals surface area contributed by atoms with Gasteiger partial charge in [0.05, 0.1) is 16.3 Å². The maximum Gasteiger partial charge on any atom is 0.124 e. The molecule has 4 nitrogen and oxygen atoms in total. The van der Waals surface area contributed by atoms with Crippen molar-refractivity contribution in [1.29, 1.82) is 0 Å². The molecule has 0 bridgehead atoms. The summed E-state index contributed by atoms with van der Waals surface area (Å²) in [6.45, 7) is 4.66. The molecule has 1 heterocycles.